The van der Waals surface area contributed by atoms with E-state index >= 15 is 0 Å². The van der Waals surface area contributed by atoms with Gasteiger partial charge in [0.2, 0.25) is 17.7 Å². The highest BCUT2D eigenvalue weighted by Gasteiger charge is 2.43. The number of benzene rings is 11. The van der Waals surface area contributed by atoms with Gasteiger partial charge in [0.1, 0.15) is 30.7 Å². The number of carbonyl (C=O) groups is 5. The van der Waals surface area contributed by atoms with Crippen LogP contribution in [0.4, 0.5) is 34.1 Å². The lowest BCUT2D eigenvalue weighted by Gasteiger charge is -2.29. The summed E-state index contributed by atoms with van der Waals surface area (Å²) in [6.07, 6.45) is 4.89. The first-order chi connectivity index (χ1) is 52.6. The minimum atomic E-state index is -0.574. The molecule has 5 amide bonds. The fraction of sp³-hybridized carbons (Fsp3) is 0.129. The molecule has 6 atom stereocenters. The summed E-state index contributed by atoms with van der Waals surface area (Å²) in [6.45, 7) is 0.346. The average Bonchev–Trinajstić information content (AvgIpc) is 1.61. The molecule has 0 saturated carbocycles. The topological polar surface area (TPSA) is 226 Å². The molecule has 3 saturated heterocycles. The predicted molar refractivity (Wildman–Crippen MR) is 415 cm³/mol. The fourth-order valence-electron chi connectivity index (χ4n) is 13.6. The monoisotopic (exact) mass is 1550 g/mol. The molecule has 0 aliphatic carbocycles. The van der Waals surface area contributed by atoms with Crippen molar-refractivity contribution in [2.75, 3.05) is 9.80 Å². The van der Waals surface area contributed by atoms with E-state index in [-0.39, 0.29) is 85.4 Å². The van der Waals surface area contributed by atoms with E-state index in [9.17, 15) is 37.1 Å². The Kier molecular flexibility index (Phi) is 22.2. The number of hydrogen-bond acceptors (Lipinski definition) is 11. The maximum atomic E-state index is 13.4. The first-order valence-corrected chi connectivity index (χ1v) is 35.9. The van der Waals surface area contributed by atoms with Gasteiger partial charge in [-0.25, -0.2) is 36.8 Å². The van der Waals surface area contributed by atoms with E-state index in [0.29, 0.717) is 12.1 Å². The number of ether oxygens (including phenoxy) is 2. The van der Waals surface area contributed by atoms with Crippen LogP contribution in [0, 0.1) is 21.0 Å². The zero-order valence-corrected chi connectivity index (χ0v) is 60.0. The molecule has 17 rings (SSSR count). The number of anilines is 2. The summed E-state index contributed by atoms with van der Waals surface area (Å²) in [5, 5.41) is 24.7. The van der Waals surface area contributed by atoms with Crippen LogP contribution in [0.2, 0.25) is 0 Å². The first kappa shape index (κ1) is 72.2. The van der Waals surface area contributed by atoms with Crippen molar-refractivity contribution in [3.05, 3.63) is 346 Å². The van der Waals surface area contributed by atoms with Gasteiger partial charge in [-0.15, -0.1) is 0 Å². The summed E-state index contributed by atoms with van der Waals surface area (Å²) < 4.78 is 56.6. The minimum Gasteiger partial charge on any atom is -0.445 e. The molecule has 11 aromatic carbocycles. The van der Waals surface area contributed by atoms with Gasteiger partial charge in [-0.2, -0.15) is 15.3 Å². The van der Waals surface area contributed by atoms with E-state index in [4.69, 9.17) is 15.2 Å². The van der Waals surface area contributed by atoms with Crippen LogP contribution in [0.15, 0.2) is 298 Å². The summed E-state index contributed by atoms with van der Waals surface area (Å²) >= 11 is 2.27. The third-order valence-corrected chi connectivity index (χ3v) is 19.4. The lowest BCUT2D eigenvalue weighted by Crippen LogP contribution is -2.40. The van der Waals surface area contributed by atoms with Crippen LogP contribution < -0.4 is 31.5 Å². The highest BCUT2D eigenvalue weighted by atomic mass is 127. The molecular formula is C85H70F3IN12O7. The van der Waals surface area contributed by atoms with E-state index in [0.717, 1.165) is 83.3 Å². The molecule has 3 aliphatic heterocycles. The lowest BCUT2D eigenvalue weighted by molar-refractivity contribution is -0.119. The number of amides is 5. The van der Waals surface area contributed by atoms with Crippen LogP contribution in [0.25, 0.3) is 49.8 Å². The summed E-state index contributed by atoms with van der Waals surface area (Å²) in [6, 6.07) is 82.3. The third kappa shape index (κ3) is 16.8. The Balaban J connectivity index is 0.000000126. The zero-order valence-electron chi connectivity index (χ0n) is 57.8. The number of nitrogens with zero attached hydrogens (tertiary/aromatic N) is 8. The van der Waals surface area contributed by atoms with E-state index in [1.54, 1.807) is 68.0 Å². The number of alkyl carbamates (subject to hydrolysis) is 2. The molecule has 0 bridgehead atoms. The van der Waals surface area contributed by atoms with E-state index in [2.05, 4.69) is 59.9 Å². The van der Waals surface area contributed by atoms with E-state index in [1.165, 1.54) is 40.0 Å². The number of halogens is 4. The Morgan fingerprint density at radius 2 is 0.787 bits per heavy atom. The van der Waals surface area contributed by atoms with Crippen LogP contribution in [-0.2, 0) is 37.1 Å². The molecule has 1 unspecified atom stereocenters. The van der Waals surface area contributed by atoms with Crippen molar-refractivity contribution in [1.29, 1.82) is 0 Å². The van der Waals surface area contributed by atoms with Gasteiger partial charge in [0, 0.05) is 56.4 Å². The molecule has 6 heterocycles. The third-order valence-electron chi connectivity index (χ3n) is 18.7. The molecule has 3 aliphatic rings. The number of rotatable bonds is 14. The van der Waals surface area contributed by atoms with Crippen molar-refractivity contribution in [3.63, 3.8) is 0 Å². The van der Waals surface area contributed by atoms with Crippen LogP contribution >= 0.6 is 22.6 Å². The molecular weight excluding hydrogens is 1480 g/mol. The highest BCUT2D eigenvalue weighted by molar-refractivity contribution is 14.1. The summed E-state index contributed by atoms with van der Waals surface area (Å²) in [5.41, 5.74) is 17.6. The number of aromatic nitrogens is 6. The van der Waals surface area contributed by atoms with Crippen molar-refractivity contribution in [3.8, 4) is 17.1 Å². The molecule has 0 spiro atoms. The van der Waals surface area contributed by atoms with Gasteiger partial charge in [0.15, 0.2) is 0 Å². The number of nitrogens with one attached hydrogen (secondary N) is 3. The van der Waals surface area contributed by atoms with Crippen molar-refractivity contribution in [2.45, 2.75) is 68.7 Å². The van der Waals surface area contributed by atoms with Gasteiger partial charge in [-0.3, -0.25) is 14.4 Å². The molecule has 540 valence electrons. The maximum absolute atomic E-state index is 13.4. The van der Waals surface area contributed by atoms with Gasteiger partial charge < -0.3 is 41.0 Å². The smallest absolute Gasteiger partial charge is 0.407 e. The quantitative estimate of drug-likeness (QED) is 0.0749. The molecule has 14 aromatic rings. The molecule has 3 aromatic heterocycles. The minimum absolute atomic E-state index is 0.0108. The van der Waals surface area contributed by atoms with Gasteiger partial charge >= 0.3 is 12.2 Å². The number of fused-ring (bicyclic) bond motifs is 3. The Hall–Kier alpha value is -12.7. The van der Waals surface area contributed by atoms with Crippen molar-refractivity contribution >= 4 is 96.6 Å². The first-order valence-electron chi connectivity index (χ1n) is 34.8. The summed E-state index contributed by atoms with van der Waals surface area (Å²) in [4.78, 5) is 66.1. The molecule has 5 N–H and O–H groups in total. The molecule has 19 nitrogen and oxygen atoms in total. The number of hydrogen-bond donors (Lipinski definition) is 4. The average molecular weight is 1560 g/mol. The normalized spacial score (nSPS) is 17.2. The fourth-order valence-corrected chi connectivity index (χ4v) is 14.1. The Morgan fingerprint density at radius 3 is 1.23 bits per heavy atom. The largest absolute Gasteiger partial charge is 0.445 e. The van der Waals surface area contributed by atoms with Crippen LogP contribution in [0.3, 0.4) is 0 Å². The van der Waals surface area contributed by atoms with Crippen molar-refractivity contribution in [1.82, 2.24) is 45.3 Å². The Bertz CT molecular complexity index is 5480. The highest BCUT2D eigenvalue weighted by Crippen LogP contribution is 2.41. The summed E-state index contributed by atoms with van der Waals surface area (Å²) in [7, 11) is 0. The van der Waals surface area contributed by atoms with Gasteiger partial charge in [0.25, 0.3) is 0 Å². The molecule has 108 heavy (non-hydrogen) atoms. The van der Waals surface area contributed by atoms with Crippen molar-refractivity contribution < 1.29 is 46.6 Å². The molecule has 3 fully saturated rings. The Morgan fingerprint density at radius 1 is 0.426 bits per heavy atom. The standard InChI is InChI=1S/C31H25FN4O3.C23H19FN4O.C18H18N2O3.C13H8FIN2/c32-24-11-13-25(14-12-24)36-28-16-15-26(17-23(28)19-33-36)35-29(37)18-27(30(35)22-9-5-2-6-10-22)34-31(38)39-20-21-7-3-1-4-8-21;24-17-6-8-18(9-7-17)28-21-11-10-19(12-16(21)14-26-28)27-22(29)13-20(25)23(27)15-4-2-1-3-5-15;21-16-11-15(17(20-16)14-9-5-2-6-10-14)19-18(22)23-12-13-7-3-1-4-8-13;14-10-1-4-12(5-2-10)17-13-6-3-11(15)7-9(13)8-16-17/h1-17,19,27,30H,18,20H2,(H,34,38);1-12,14,20,23H,13,25H2;1-10,15,17H,11-12H2,(H,19,22)(H,20,21);1-8H/t27-,30+;20-,23+;15-,17?;/m000./s1. The second-order valence-corrected chi connectivity index (χ2v) is 27.1. The number of carbonyl (C=O) groups excluding carboxylic acids is 5. The maximum Gasteiger partial charge on any atom is 0.407 e. The van der Waals surface area contributed by atoms with Crippen LogP contribution in [0.5, 0.6) is 0 Å². The second kappa shape index (κ2) is 33.1. The second-order valence-electron chi connectivity index (χ2n) is 25.9. The summed E-state index contributed by atoms with van der Waals surface area (Å²) in [5.74, 6) is -1.02. The van der Waals surface area contributed by atoms with Crippen LogP contribution in [-0.4, -0.2) is 77.4 Å². The van der Waals surface area contributed by atoms with Crippen LogP contribution in [0.1, 0.15) is 65.2 Å². The van der Waals surface area contributed by atoms with E-state index in [1.807, 2.05) is 211 Å². The Labute approximate surface area is 632 Å². The number of nitrogens with two attached hydrogens (primary N) is 1. The zero-order chi connectivity index (χ0) is 74.6. The molecule has 23 heteroatoms. The SMILES string of the molecule is Fc1ccc(-n2ncc3cc(I)ccc32)cc1.N[C@H]1CC(=O)N(c2ccc3c(cnn3-c3ccc(F)cc3)c2)[C@@H]1c1ccccc1.O=C(N[C@H]1CC(=O)N(c2ccc3c(cnn3-c3ccc(F)cc3)c2)[C@@H]1c1ccccc1)OCc1ccccc1.O=C1C[C@H](NC(=O)OCc2ccccc2)C(c2ccccc2)N1. The van der Waals surface area contributed by atoms with Crippen molar-refractivity contribution in [2.24, 2.45) is 5.73 Å². The predicted octanol–water partition coefficient (Wildman–Crippen LogP) is 16.2. The van der Waals surface area contributed by atoms with Gasteiger partial charge in [-0.05, 0) is 178 Å². The van der Waals surface area contributed by atoms with Gasteiger partial charge in [-0.1, -0.05) is 152 Å². The lowest BCUT2D eigenvalue weighted by atomic mass is 9.99. The van der Waals surface area contributed by atoms with E-state index < -0.39 is 24.3 Å². The van der Waals surface area contributed by atoms with Gasteiger partial charge in [0.05, 0.1) is 82.4 Å². The molecule has 0 radical (unpaired) electrons.